The Bertz CT molecular complexity index is 1870. The summed E-state index contributed by atoms with van der Waals surface area (Å²) in [6.45, 7) is 13.6. The molecule has 1 aliphatic carbocycles. The lowest BCUT2D eigenvalue weighted by atomic mass is 10.0. The van der Waals surface area contributed by atoms with Crippen LogP contribution in [0.2, 0.25) is 0 Å². The van der Waals surface area contributed by atoms with Gasteiger partial charge in [-0.25, -0.2) is 9.59 Å². The summed E-state index contributed by atoms with van der Waals surface area (Å²) in [5.74, 6) is 0.0686. The van der Waals surface area contributed by atoms with Crippen molar-refractivity contribution in [1.82, 2.24) is 9.88 Å². The van der Waals surface area contributed by atoms with Crippen LogP contribution in [0.15, 0.2) is 72.9 Å². The highest BCUT2D eigenvalue weighted by atomic mass is 16.6. The van der Waals surface area contributed by atoms with Crippen LogP contribution >= 0.6 is 0 Å². The fraction of sp³-hybridized carbons (Fsp3) is 0.385. The number of hydrogen-bond acceptors (Lipinski definition) is 7. The third-order valence-electron chi connectivity index (χ3n) is 8.40. The number of amides is 3. The van der Waals surface area contributed by atoms with Crippen LogP contribution in [0.4, 0.5) is 26.7 Å². The molecule has 4 aromatic rings. The number of hydrogen-bond donors (Lipinski definition) is 2. The van der Waals surface area contributed by atoms with Gasteiger partial charge in [0, 0.05) is 49.0 Å². The number of carbonyl (C=O) groups excluding carboxylic acids is 3. The molecule has 1 aliphatic heterocycles. The first-order valence-electron chi connectivity index (χ1n) is 16.9. The van der Waals surface area contributed by atoms with E-state index in [-0.39, 0.29) is 12.0 Å². The van der Waals surface area contributed by atoms with E-state index >= 15 is 0 Å². The van der Waals surface area contributed by atoms with Crippen molar-refractivity contribution in [2.24, 2.45) is 0 Å². The van der Waals surface area contributed by atoms with Crippen LogP contribution in [0, 0.1) is 0 Å². The lowest BCUT2D eigenvalue weighted by Gasteiger charge is -2.37. The highest BCUT2D eigenvalue weighted by Gasteiger charge is 2.33. The van der Waals surface area contributed by atoms with E-state index in [1.807, 2.05) is 75.4 Å². The van der Waals surface area contributed by atoms with E-state index in [0.717, 1.165) is 40.6 Å². The molecule has 0 bridgehead atoms. The number of anilines is 3. The Morgan fingerprint density at radius 1 is 0.755 bits per heavy atom. The molecule has 3 aromatic carbocycles. The first-order valence-corrected chi connectivity index (χ1v) is 16.9. The van der Waals surface area contributed by atoms with Crippen molar-refractivity contribution in [2.45, 2.75) is 71.5 Å². The average molecular weight is 664 g/mol. The highest BCUT2D eigenvalue weighted by Crippen LogP contribution is 2.47. The van der Waals surface area contributed by atoms with Gasteiger partial charge in [0.2, 0.25) is 0 Å². The summed E-state index contributed by atoms with van der Waals surface area (Å²) >= 11 is 0. The number of ether oxygens (including phenoxy) is 2. The molecule has 10 heteroatoms. The van der Waals surface area contributed by atoms with Crippen LogP contribution in [0.5, 0.6) is 0 Å². The lowest BCUT2D eigenvalue weighted by Crippen LogP contribution is -2.50. The fourth-order valence-electron chi connectivity index (χ4n) is 6.02. The van der Waals surface area contributed by atoms with Gasteiger partial charge in [0.25, 0.3) is 5.91 Å². The molecule has 2 fully saturated rings. The van der Waals surface area contributed by atoms with Crippen molar-refractivity contribution in [3.8, 4) is 11.1 Å². The minimum atomic E-state index is -0.679. The number of carbonyl (C=O) groups is 3. The Morgan fingerprint density at radius 3 is 2.10 bits per heavy atom. The fourth-order valence-corrected chi connectivity index (χ4v) is 6.02. The number of rotatable bonds is 6. The van der Waals surface area contributed by atoms with Gasteiger partial charge in [0.05, 0.1) is 22.5 Å². The van der Waals surface area contributed by atoms with Crippen LogP contribution in [0.3, 0.4) is 0 Å². The van der Waals surface area contributed by atoms with E-state index in [1.165, 1.54) is 5.56 Å². The highest BCUT2D eigenvalue weighted by molar-refractivity contribution is 6.09. The Labute approximate surface area is 287 Å². The number of benzene rings is 3. The van der Waals surface area contributed by atoms with Crippen molar-refractivity contribution in [2.75, 3.05) is 41.7 Å². The predicted molar refractivity (Wildman–Crippen MR) is 193 cm³/mol. The number of aromatic nitrogens is 1. The second kappa shape index (κ2) is 13.4. The number of pyridine rings is 1. The summed E-state index contributed by atoms with van der Waals surface area (Å²) in [5.41, 5.74) is 5.15. The molecule has 49 heavy (non-hydrogen) atoms. The summed E-state index contributed by atoms with van der Waals surface area (Å²) in [7, 11) is 0. The maximum Gasteiger partial charge on any atom is 0.412 e. The summed E-state index contributed by atoms with van der Waals surface area (Å²) in [4.78, 5) is 48.0. The summed E-state index contributed by atoms with van der Waals surface area (Å²) in [6, 6.07) is 21.3. The molecule has 1 aromatic heterocycles. The normalized spacial score (nSPS) is 15.1. The summed E-state index contributed by atoms with van der Waals surface area (Å²) in [5, 5.41) is 6.69. The molecule has 256 valence electrons. The van der Waals surface area contributed by atoms with Crippen molar-refractivity contribution in [1.29, 1.82) is 0 Å². The first kappa shape index (κ1) is 33.8. The topological polar surface area (TPSA) is 113 Å². The predicted octanol–water partition coefficient (Wildman–Crippen LogP) is 8.44. The van der Waals surface area contributed by atoms with Crippen LogP contribution < -0.4 is 15.5 Å². The van der Waals surface area contributed by atoms with Gasteiger partial charge >= 0.3 is 12.2 Å². The molecular formula is C39H45N5O5. The maximum atomic E-state index is 13.7. The molecule has 1 saturated heterocycles. The minimum Gasteiger partial charge on any atom is -0.444 e. The molecule has 0 atom stereocenters. The molecule has 3 amide bonds. The molecular weight excluding hydrogens is 618 g/mol. The molecule has 0 spiro atoms. The summed E-state index contributed by atoms with van der Waals surface area (Å²) < 4.78 is 11.1. The molecule has 2 heterocycles. The summed E-state index contributed by atoms with van der Waals surface area (Å²) in [6.07, 6.45) is 2.92. The maximum absolute atomic E-state index is 13.7. The van der Waals surface area contributed by atoms with Crippen LogP contribution in [-0.4, -0.2) is 65.4 Å². The van der Waals surface area contributed by atoms with Gasteiger partial charge in [-0.3, -0.25) is 15.1 Å². The Morgan fingerprint density at radius 2 is 1.45 bits per heavy atom. The number of fused-ring (bicyclic) bond motifs is 1. The van der Waals surface area contributed by atoms with Crippen LogP contribution in [0.25, 0.3) is 22.0 Å². The number of nitrogens with zero attached hydrogens (tertiary/aromatic N) is 3. The zero-order valence-electron chi connectivity index (χ0n) is 29.1. The van der Waals surface area contributed by atoms with E-state index < -0.39 is 17.3 Å². The number of nitrogens with one attached hydrogen (secondary N) is 2. The van der Waals surface area contributed by atoms with Gasteiger partial charge < -0.3 is 24.6 Å². The standard InChI is InChI=1S/C39H45N5O5/c1-38(2,3)48-36(46)42-30-16-14-27(25-10-8-7-9-11-25)23-31(30)41-35(45)29-22-28-15-17-32(33(26-12-13-26)34(28)40-24-29)43-18-20-44(21-19-43)37(47)49-39(4,5)6/h7-11,14-17,22-24,26H,12-13,18-21H2,1-6H3,(H,41,45)(H,42,46). The monoisotopic (exact) mass is 663 g/mol. The van der Waals surface area contributed by atoms with E-state index in [9.17, 15) is 14.4 Å². The van der Waals surface area contributed by atoms with Crippen molar-refractivity contribution in [3.05, 3.63) is 84.1 Å². The lowest BCUT2D eigenvalue weighted by molar-refractivity contribution is 0.0240. The number of piperazine rings is 1. The SMILES string of the molecule is CC(C)(C)OC(=O)Nc1ccc(-c2ccccc2)cc1NC(=O)c1cnc2c(C3CC3)c(N3CCN(C(=O)OC(C)(C)C)CC3)ccc2c1. The van der Waals surface area contributed by atoms with Gasteiger partial charge in [-0.15, -0.1) is 0 Å². The molecule has 2 aliphatic rings. The van der Waals surface area contributed by atoms with Crippen LogP contribution in [0.1, 0.15) is 76.2 Å². The van der Waals surface area contributed by atoms with Gasteiger partial charge in [-0.2, -0.15) is 0 Å². The molecule has 0 radical (unpaired) electrons. The first-order chi connectivity index (χ1) is 23.2. The molecule has 2 N–H and O–H groups in total. The zero-order chi connectivity index (χ0) is 34.9. The average Bonchev–Trinajstić information content (AvgIpc) is 3.89. The largest absolute Gasteiger partial charge is 0.444 e. The minimum absolute atomic E-state index is 0.278. The Balaban J connectivity index is 1.24. The second-order valence-electron chi connectivity index (χ2n) is 14.7. The van der Waals surface area contributed by atoms with Crippen molar-refractivity contribution >= 4 is 46.1 Å². The molecule has 1 saturated carbocycles. The van der Waals surface area contributed by atoms with E-state index in [2.05, 4.69) is 21.6 Å². The van der Waals surface area contributed by atoms with E-state index in [0.29, 0.717) is 49.0 Å². The van der Waals surface area contributed by atoms with E-state index in [4.69, 9.17) is 14.5 Å². The zero-order valence-corrected chi connectivity index (χ0v) is 29.1. The van der Waals surface area contributed by atoms with Crippen molar-refractivity contribution in [3.63, 3.8) is 0 Å². The van der Waals surface area contributed by atoms with Gasteiger partial charge in [-0.05, 0) is 95.7 Å². The molecule has 6 rings (SSSR count). The smallest absolute Gasteiger partial charge is 0.412 e. The Hall–Kier alpha value is -5.12. The van der Waals surface area contributed by atoms with Gasteiger partial charge in [0.15, 0.2) is 0 Å². The molecule has 0 unspecified atom stereocenters. The van der Waals surface area contributed by atoms with Gasteiger partial charge in [0.1, 0.15) is 11.2 Å². The third-order valence-corrected chi connectivity index (χ3v) is 8.40. The van der Waals surface area contributed by atoms with E-state index in [1.54, 1.807) is 37.9 Å². The van der Waals surface area contributed by atoms with Gasteiger partial charge in [-0.1, -0.05) is 42.5 Å². The van der Waals surface area contributed by atoms with Crippen molar-refractivity contribution < 1.29 is 23.9 Å². The third kappa shape index (κ3) is 8.31. The quantitative estimate of drug-likeness (QED) is 0.213. The molecule has 10 nitrogen and oxygen atoms in total. The second-order valence-corrected chi connectivity index (χ2v) is 14.7. The van der Waals surface area contributed by atoms with Crippen LogP contribution in [-0.2, 0) is 9.47 Å². The Kier molecular flexibility index (Phi) is 9.24.